The predicted octanol–water partition coefficient (Wildman–Crippen LogP) is -3.77. The maximum Gasteiger partial charge on any atom is 0.472 e. The largest absolute Gasteiger partial charge is 0.472 e. The van der Waals surface area contributed by atoms with Crippen LogP contribution in [0.5, 0.6) is 0 Å². The fourth-order valence-corrected chi connectivity index (χ4v) is 5.97. The van der Waals surface area contributed by atoms with Crippen LogP contribution in [0.2, 0.25) is 0 Å². The van der Waals surface area contributed by atoms with Gasteiger partial charge in [-0.2, -0.15) is 0 Å². The number of hydrogen-bond donors (Lipinski definition) is 7. The van der Waals surface area contributed by atoms with Crippen LogP contribution in [-0.4, -0.2) is 101 Å². The first-order valence-electron chi connectivity index (χ1n) is 11.8. The van der Waals surface area contributed by atoms with Gasteiger partial charge in [-0.1, -0.05) is 0 Å². The number of aliphatic hydroxyl groups excluding tert-OH is 2. The molecule has 42 heavy (non-hydrogen) atoms. The number of ether oxygens (including phenoxy) is 3. The van der Waals surface area contributed by atoms with Gasteiger partial charge in [0.05, 0.1) is 13.2 Å². The van der Waals surface area contributed by atoms with Gasteiger partial charge in [0.25, 0.3) is 11.1 Å². The third-order valence-corrected chi connectivity index (χ3v) is 7.72. The van der Waals surface area contributed by atoms with Crippen LogP contribution in [0.4, 0.5) is 0 Å². The molecule has 7 N–H and O–H groups in total. The minimum atomic E-state index is -5.30. The molecule has 0 aromatic carbocycles. The number of aliphatic hydroxyl groups is 2. The van der Waals surface area contributed by atoms with Crippen molar-refractivity contribution in [3.63, 3.8) is 0 Å². The Labute approximate surface area is 232 Å². The van der Waals surface area contributed by atoms with Crippen molar-refractivity contribution in [3.8, 4) is 0 Å². The maximum atomic E-state index is 12.9. The van der Waals surface area contributed by atoms with E-state index in [1.807, 2.05) is 9.97 Å². The second-order valence-corrected chi connectivity index (χ2v) is 11.5. The molecule has 4 rings (SSSR count). The summed E-state index contributed by atoms with van der Waals surface area (Å²) in [6, 6.07) is 1.90. The Hall–Kier alpha value is -2.62. The number of phosphoric ester groups is 2. The second-order valence-electron chi connectivity index (χ2n) is 8.93. The summed E-state index contributed by atoms with van der Waals surface area (Å²) in [6.45, 7) is -1.80. The van der Waals surface area contributed by atoms with E-state index >= 15 is 0 Å². The Morgan fingerprint density at radius 2 is 1.40 bits per heavy atom. The van der Waals surface area contributed by atoms with Crippen molar-refractivity contribution in [2.24, 2.45) is 0 Å². The Morgan fingerprint density at radius 3 is 1.90 bits per heavy atom. The van der Waals surface area contributed by atoms with Crippen molar-refractivity contribution in [1.29, 1.82) is 0 Å². The molecule has 21 nitrogen and oxygen atoms in total. The van der Waals surface area contributed by atoms with Gasteiger partial charge in [0.15, 0.2) is 12.5 Å². The number of rotatable bonds is 11. The van der Waals surface area contributed by atoms with E-state index in [9.17, 15) is 53.2 Å². The van der Waals surface area contributed by atoms with Gasteiger partial charge in [-0.15, -0.1) is 0 Å². The molecule has 0 spiro atoms. The zero-order valence-electron chi connectivity index (χ0n) is 21.3. The van der Waals surface area contributed by atoms with E-state index in [1.165, 1.54) is 0 Å². The third-order valence-electron chi connectivity index (χ3n) is 6.21. The molecule has 2 aliphatic heterocycles. The van der Waals surface area contributed by atoms with E-state index in [0.717, 1.165) is 36.2 Å². The van der Waals surface area contributed by atoms with Crippen LogP contribution in [0.1, 0.15) is 12.5 Å². The lowest BCUT2D eigenvalue weighted by molar-refractivity contribution is -0.0625. The van der Waals surface area contributed by atoms with Gasteiger partial charge >= 0.3 is 27.0 Å². The number of hydrogen-bond acceptors (Lipinski definition) is 14. The molecule has 0 aliphatic carbocycles. The first kappa shape index (κ1) is 32.3. The van der Waals surface area contributed by atoms with Crippen molar-refractivity contribution < 1.29 is 61.8 Å². The summed E-state index contributed by atoms with van der Waals surface area (Å²) in [4.78, 5) is 80.1. The average molecular weight is 644 g/mol. The highest BCUT2D eigenvalue weighted by Gasteiger charge is 2.52. The van der Waals surface area contributed by atoms with Gasteiger partial charge in [-0.25, -0.2) is 18.7 Å². The molecule has 2 saturated heterocycles. The summed E-state index contributed by atoms with van der Waals surface area (Å²) in [5.41, 5.74) is -3.48. The van der Waals surface area contributed by atoms with E-state index in [1.54, 1.807) is 0 Å². The monoisotopic (exact) mass is 644 g/mol. The number of aromatic amines is 2. The summed E-state index contributed by atoms with van der Waals surface area (Å²) >= 11 is 0. The SMILES string of the molecule is COC1C(OP(=O)(O)OCC2OC(n3ccc(=O)[nH]c3=O)C(O)C2OP(=O)(O)O)C(CO)OC1n1ccc(=O)[nH]c1=O. The zero-order chi connectivity index (χ0) is 31.0. The topological polar surface area (TPSA) is 300 Å². The minimum absolute atomic E-state index is 0.681. The zero-order valence-corrected chi connectivity index (χ0v) is 23.1. The smallest absolute Gasteiger partial charge is 0.394 e. The van der Waals surface area contributed by atoms with Crippen LogP contribution in [0.15, 0.2) is 43.7 Å². The first-order chi connectivity index (χ1) is 19.6. The van der Waals surface area contributed by atoms with Gasteiger partial charge < -0.3 is 39.1 Å². The quantitative estimate of drug-likeness (QED) is 0.115. The molecule has 9 atom stereocenters. The highest BCUT2D eigenvalue weighted by molar-refractivity contribution is 7.47. The molecule has 0 bridgehead atoms. The number of nitrogens with one attached hydrogen (secondary N) is 2. The summed E-state index contributed by atoms with van der Waals surface area (Å²) in [7, 11) is -9.33. The summed E-state index contributed by atoms with van der Waals surface area (Å²) in [5, 5.41) is 20.4. The normalized spacial score (nSPS) is 31.3. The Bertz CT molecular complexity index is 1600. The van der Waals surface area contributed by atoms with Crippen molar-refractivity contribution in [1.82, 2.24) is 19.1 Å². The molecule has 0 amide bonds. The Kier molecular flexibility index (Phi) is 9.65. The minimum Gasteiger partial charge on any atom is -0.394 e. The third kappa shape index (κ3) is 7.12. The van der Waals surface area contributed by atoms with E-state index < -0.39 is 100 Å². The number of H-pyrrole nitrogens is 2. The highest BCUT2D eigenvalue weighted by Crippen LogP contribution is 2.50. The van der Waals surface area contributed by atoms with Crippen molar-refractivity contribution in [2.45, 2.75) is 49.1 Å². The van der Waals surface area contributed by atoms with Crippen LogP contribution in [0.25, 0.3) is 0 Å². The van der Waals surface area contributed by atoms with Crippen LogP contribution in [-0.2, 0) is 36.9 Å². The second kappa shape index (κ2) is 12.5. The van der Waals surface area contributed by atoms with E-state index in [4.69, 9.17) is 23.3 Å². The maximum absolute atomic E-state index is 12.9. The molecule has 2 fully saturated rings. The van der Waals surface area contributed by atoms with Crippen LogP contribution < -0.4 is 22.5 Å². The van der Waals surface area contributed by atoms with E-state index in [0.29, 0.717) is 4.57 Å². The number of nitrogens with zero attached hydrogens (tertiary/aromatic N) is 2. The van der Waals surface area contributed by atoms with Gasteiger partial charge in [0.2, 0.25) is 0 Å². The van der Waals surface area contributed by atoms with E-state index in [-0.39, 0.29) is 0 Å². The molecule has 234 valence electrons. The van der Waals surface area contributed by atoms with Crippen molar-refractivity contribution >= 4 is 15.6 Å². The van der Waals surface area contributed by atoms with Gasteiger partial charge in [-0.05, 0) is 0 Å². The molecule has 9 unspecified atom stereocenters. The molecule has 2 aromatic rings. The van der Waals surface area contributed by atoms with Crippen molar-refractivity contribution in [2.75, 3.05) is 20.3 Å². The van der Waals surface area contributed by atoms with Crippen molar-refractivity contribution in [3.05, 3.63) is 66.2 Å². The molecule has 2 aliphatic rings. The molecular formula is C19H26N4O17P2. The van der Waals surface area contributed by atoms with Gasteiger partial charge in [0.1, 0.15) is 36.6 Å². The molecule has 0 saturated carbocycles. The molecule has 4 heterocycles. The lowest BCUT2D eigenvalue weighted by Crippen LogP contribution is -2.40. The van der Waals surface area contributed by atoms with Crippen LogP contribution >= 0.6 is 15.6 Å². The average Bonchev–Trinajstić information content (AvgIpc) is 3.38. The fraction of sp³-hybridized carbons (Fsp3) is 0.579. The van der Waals surface area contributed by atoms with E-state index in [2.05, 4.69) is 4.52 Å². The van der Waals surface area contributed by atoms with Gasteiger partial charge in [0, 0.05) is 31.6 Å². The Balaban J connectivity index is 1.53. The predicted molar refractivity (Wildman–Crippen MR) is 132 cm³/mol. The van der Waals surface area contributed by atoms with Crippen LogP contribution in [0, 0.1) is 0 Å². The number of aromatic nitrogens is 4. The molecular weight excluding hydrogens is 618 g/mol. The lowest BCUT2D eigenvalue weighted by atomic mass is 10.1. The molecule has 2 aromatic heterocycles. The number of methoxy groups -OCH3 is 1. The summed E-state index contributed by atoms with van der Waals surface area (Å²) in [6.07, 6.45) is -10.8. The van der Waals surface area contributed by atoms with Crippen LogP contribution in [0.3, 0.4) is 0 Å². The fourth-order valence-electron chi connectivity index (χ4n) is 4.44. The lowest BCUT2D eigenvalue weighted by Gasteiger charge is -2.26. The first-order valence-corrected chi connectivity index (χ1v) is 14.8. The molecule has 23 heteroatoms. The Morgan fingerprint density at radius 1 is 0.857 bits per heavy atom. The summed E-state index contributed by atoms with van der Waals surface area (Å²) in [5.74, 6) is 0. The highest BCUT2D eigenvalue weighted by atomic mass is 31.2. The molecule has 0 radical (unpaired) electrons. The summed E-state index contributed by atoms with van der Waals surface area (Å²) < 4.78 is 57.0. The van der Waals surface area contributed by atoms with Gasteiger partial charge in [-0.3, -0.25) is 42.3 Å². The number of phosphoric acid groups is 2. The standard InChI is InChI=1S/C19H26N4O17P2/c1-35-15-14(8(6-24)37-17(15)23-5-3-11(26)21-19(23)29)40-42(33,34)36-7-9-13(39-41(30,31)32)12(27)16(38-9)22-4-2-10(25)20-18(22)28/h2-5,8-9,12-17,24,27H,6-7H2,1H3,(H,33,34)(H,20,25,28)(H,21,26,29)(H2,30,31,32).